The summed E-state index contributed by atoms with van der Waals surface area (Å²) < 4.78 is 26.6. The second-order valence-corrected chi connectivity index (χ2v) is 8.22. The zero-order valence-electron chi connectivity index (χ0n) is 14.0. The molecule has 1 heterocycles. The van der Waals surface area contributed by atoms with Gasteiger partial charge in [0.05, 0.1) is 31.9 Å². The number of piperazine rings is 1. The Kier molecular flexibility index (Phi) is 5.78. The highest BCUT2D eigenvalue weighted by molar-refractivity contribution is 7.88. The number of rotatable bonds is 5. The van der Waals surface area contributed by atoms with Gasteiger partial charge in [0.1, 0.15) is 0 Å². The van der Waals surface area contributed by atoms with Crippen LogP contribution in [-0.2, 0) is 20.6 Å². The van der Waals surface area contributed by atoms with Gasteiger partial charge in [-0.25, -0.2) is 8.42 Å². The van der Waals surface area contributed by atoms with Gasteiger partial charge in [-0.15, -0.1) is 0 Å². The molecule has 7 heteroatoms. The molecular formula is C16H26N3O3S+. The van der Waals surface area contributed by atoms with E-state index in [-0.39, 0.29) is 17.7 Å². The second-order valence-electron chi connectivity index (χ2n) is 6.25. The Labute approximate surface area is 138 Å². The first-order chi connectivity index (χ1) is 10.8. The molecule has 2 rings (SSSR count). The number of nitrogens with one attached hydrogen (secondary N) is 1. The standard InChI is InChI=1S/C16H25N3O3S/c1-14(16(20)17(2)3)18-9-11-19(12-10-18)23(21,22)13-15-7-5-4-6-8-15/h4-8,14H,9-13H2,1-3H3/p+1/t14-/m0/s1. The maximum Gasteiger partial charge on any atom is 0.280 e. The van der Waals surface area contributed by atoms with E-state index in [9.17, 15) is 13.2 Å². The molecule has 0 spiro atoms. The largest absolute Gasteiger partial charge is 0.344 e. The van der Waals surface area contributed by atoms with E-state index in [4.69, 9.17) is 0 Å². The van der Waals surface area contributed by atoms with Crippen molar-refractivity contribution in [2.24, 2.45) is 0 Å². The molecule has 0 aliphatic carbocycles. The Morgan fingerprint density at radius 1 is 1.22 bits per heavy atom. The van der Waals surface area contributed by atoms with Crippen LogP contribution in [0.25, 0.3) is 0 Å². The summed E-state index contributed by atoms with van der Waals surface area (Å²) in [6, 6.07) is 9.10. The van der Waals surface area contributed by atoms with E-state index in [1.54, 1.807) is 23.3 Å². The molecule has 0 radical (unpaired) electrons. The summed E-state index contributed by atoms with van der Waals surface area (Å²) in [4.78, 5) is 14.8. The van der Waals surface area contributed by atoms with E-state index < -0.39 is 10.0 Å². The van der Waals surface area contributed by atoms with Crippen LogP contribution in [0.1, 0.15) is 12.5 Å². The van der Waals surface area contributed by atoms with E-state index in [2.05, 4.69) is 0 Å². The van der Waals surface area contributed by atoms with Gasteiger partial charge in [0, 0.05) is 14.1 Å². The fourth-order valence-electron chi connectivity index (χ4n) is 2.92. The molecule has 1 atom stereocenters. The number of hydrogen-bond donors (Lipinski definition) is 1. The smallest absolute Gasteiger partial charge is 0.280 e. The maximum atomic E-state index is 12.5. The SMILES string of the molecule is C[C@@H](C(=O)N(C)C)[NH+]1CCN(S(=O)(=O)Cc2ccccc2)CC1. The second kappa shape index (κ2) is 7.42. The minimum atomic E-state index is -3.30. The summed E-state index contributed by atoms with van der Waals surface area (Å²) in [6.07, 6.45) is 0. The van der Waals surface area contributed by atoms with Crippen LogP contribution in [-0.4, -0.2) is 69.8 Å². The van der Waals surface area contributed by atoms with Crippen molar-refractivity contribution in [2.45, 2.75) is 18.7 Å². The van der Waals surface area contributed by atoms with Crippen molar-refractivity contribution < 1.29 is 18.1 Å². The third kappa shape index (κ3) is 4.53. The first kappa shape index (κ1) is 17.9. The topological polar surface area (TPSA) is 62.1 Å². The highest BCUT2D eigenvalue weighted by Gasteiger charge is 2.34. The zero-order chi connectivity index (χ0) is 17.0. The van der Waals surface area contributed by atoms with Crippen molar-refractivity contribution >= 4 is 15.9 Å². The van der Waals surface area contributed by atoms with Gasteiger partial charge in [0.2, 0.25) is 10.0 Å². The Balaban J connectivity index is 1.94. The summed E-state index contributed by atoms with van der Waals surface area (Å²) in [7, 11) is 0.200. The van der Waals surface area contributed by atoms with Crippen LogP contribution in [0, 0.1) is 0 Å². The number of likely N-dealkylation sites (N-methyl/N-ethyl adjacent to an activating group) is 1. The van der Waals surface area contributed by atoms with Crippen LogP contribution in [0.5, 0.6) is 0 Å². The van der Waals surface area contributed by atoms with Gasteiger partial charge in [-0.1, -0.05) is 30.3 Å². The van der Waals surface area contributed by atoms with Crippen LogP contribution in [0.2, 0.25) is 0 Å². The molecule has 1 aliphatic rings. The van der Waals surface area contributed by atoms with Gasteiger partial charge in [0.15, 0.2) is 6.04 Å². The average Bonchev–Trinajstić information content (AvgIpc) is 2.54. The lowest BCUT2D eigenvalue weighted by Crippen LogP contribution is -3.19. The Bertz CT molecular complexity index is 623. The molecule has 1 aliphatic heterocycles. The summed E-state index contributed by atoms with van der Waals surface area (Å²) in [5, 5.41) is 0. The van der Waals surface area contributed by atoms with Crippen molar-refractivity contribution in [3.05, 3.63) is 35.9 Å². The van der Waals surface area contributed by atoms with Crippen LogP contribution in [0.4, 0.5) is 0 Å². The molecule has 1 aromatic carbocycles. The van der Waals surface area contributed by atoms with E-state index in [0.29, 0.717) is 26.2 Å². The number of quaternary nitrogens is 1. The number of sulfonamides is 1. The molecular weight excluding hydrogens is 314 g/mol. The van der Waals surface area contributed by atoms with Gasteiger partial charge in [-0.05, 0) is 12.5 Å². The van der Waals surface area contributed by atoms with Crippen molar-refractivity contribution in [1.82, 2.24) is 9.21 Å². The molecule has 1 fully saturated rings. The summed E-state index contributed by atoms with van der Waals surface area (Å²) in [6.45, 7) is 4.17. The van der Waals surface area contributed by atoms with Crippen LogP contribution < -0.4 is 4.90 Å². The van der Waals surface area contributed by atoms with Crippen molar-refractivity contribution in [1.29, 1.82) is 0 Å². The average molecular weight is 340 g/mol. The fourth-order valence-corrected chi connectivity index (χ4v) is 4.46. The lowest BCUT2D eigenvalue weighted by Gasteiger charge is -2.34. The first-order valence-electron chi connectivity index (χ1n) is 7.89. The number of carbonyl (C=O) groups excluding carboxylic acids is 1. The minimum Gasteiger partial charge on any atom is -0.344 e. The summed E-state index contributed by atoms with van der Waals surface area (Å²) in [5.41, 5.74) is 0.804. The Morgan fingerprint density at radius 2 is 1.78 bits per heavy atom. The van der Waals surface area contributed by atoms with Gasteiger partial charge in [-0.3, -0.25) is 4.79 Å². The molecule has 23 heavy (non-hydrogen) atoms. The molecule has 1 saturated heterocycles. The molecule has 6 nitrogen and oxygen atoms in total. The highest BCUT2D eigenvalue weighted by atomic mass is 32.2. The van der Waals surface area contributed by atoms with Gasteiger partial charge in [-0.2, -0.15) is 4.31 Å². The molecule has 1 amide bonds. The number of carbonyl (C=O) groups is 1. The monoisotopic (exact) mass is 340 g/mol. The zero-order valence-corrected chi connectivity index (χ0v) is 14.8. The molecule has 0 unspecified atom stereocenters. The molecule has 1 N–H and O–H groups in total. The Hall–Kier alpha value is -1.44. The highest BCUT2D eigenvalue weighted by Crippen LogP contribution is 2.10. The lowest BCUT2D eigenvalue weighted by atomic mass is 10.2. The van der Waals surface area contributed by atoms with Crippen LogP contribution >= 0.6 is 0 Å². The maximum absolute atomic E-state index is 12.5. The molecule has 0 aromatic heterocycles. The third-order valence-electron chi connectivity index (χ3n) is 4.37. The van der Waals surface area contributed by atoms with E-state index in [1.807, 2.05) is 37.3 Å². The number of amides is 1. The van der Waals surface area contributed by atoms with Gasteiger partial charge < -0.3 is 9.80 Å². The van der Waals surface area contributed by atoms with E-state index >= 15 is 0 Å². The van der Waals surface area contributed by atoms with Crippen LogP contribution in [0.15, 0.2) is 30.3 Å². The quantitative estimate of drug-likeness (QED) is 0.763. The number of nitrogens with zero attached hydrogens (tertiary/aromatic N) is 2. The molecule has 0 saturated carbocycles. The third-order valence-corrected chi connectivity index (χ3v) is 6.22. The van der Waals surface area contributed by atoms with Crippen LogP contribution in [0.3, 0.4) is 0 Å². The van der Waals surface area contributed by atoms with Crippen molar-refractivity contribution in [3.8, 4) is 0 Å². The number of hydrogen-bond acceptors (Lipinski definition) is 3. The molecule has 128 valence electrons. The fraction of sp³-hybridized carbons (Fsp3) is 0.562. The van der Waals surface area contributed by atoms with Gasteiger partial charge >= 0.3 is 0 Å². The van der Waals surface area contributed by atoms with Crippen molar-refractivity contribution in [2.75, 3.05) is 40.3 Å². The predicted molar refractivity (Wildman–Crippen MR) is 89.5 cm³/mol. The summed E-state index contributed by atoms with van der Waals surface area (Å²) in [5.74, 6) is 0.121. The van der Waals surface area contributed by atoms with E-state index in [0.717, 1.165) is 10.5 Å². The lowest BCUT2D eigenvalue weighted by molar-refractivity contribution is -0.917. The summed E-state index contributed by atoms with van der Waals surface area (Å²) >= 11 is 0. The number of benzene rings is 1. The van der Waals surface area contributed by atoms with Crippen molar-refractivity contribution in [3.63, 3.8) is 0 Å². The molecule has 1 aromatic rings. The van der Waals surface area contributed by atoms with E-state index in [1.165, 1.54) is 0 Å². The molecule has 0 bridgehead atoms. The predicted octanol–water partition coefficient (Wildman–Crippen LogP) is -0.806. The Morgan fingerprint density at radius 3 is 2.30 bits per heavy atom. The minimum absolute atomic E-state index is 0.0371. The first-order valence-corrected chi connectivity index (χ1v) is 9.49. The van der Waals surface area contributed by atoms with Gasteiger partial charge in [0.25, 0.3) is 5.91 Å². The normalized spacial score (nSPS) is 18.6.